The lowest BCUT2D eigenvalue weighted by Crippen LogP contribution is -2.41. The molecule has 1 saturated heterocycles. The van der Waals surface area contributed by atoms with Gasteiger partial charge in [-0.3, -0.25) is 0 Å². The van der Waals surface area contributed by atoms with Crippen molar-refractivity contribution in [2.45, 2.75) is 25.7 Å². The fraction of sp³-hybridized carbons (Fsp3) is 0.889. The van der Waals surface area contributed by atoms with Crippen LogP contribution in [0.4, 0.5) is 0 Å². The van der Waals surface area contributed by atoms with Crippen LogP contribution in [0.1, 0.15) is 25.7 Å². The van der Waals surface area contributed by atoms with Gasteiger partial charge in [-0.2, -0.15) is 5.26 Å². The normalized spacial score (nSPS) is 21.5. The van der Waals surface area contributed by atoms with Crippen LogP contribution in [0, 0.1) is 11.3 Å². The number of nitrogens with zero attached hydrogens (tertiary/aromatic N) is 2. The van der Waals surface area contributed by atoms with E-state index >= 15 is 0 Å². The topological polar surface area (TPSA) is 23.8 Å². The third-order valence-corrected chi connectivity index (χ3v) is 2.63. The summed E-state index contributed by atoms with van der Waals surface area (Å²) in [5.41, 5.74) is 0. The molecule has 0 unspecified atom stereocenters. The van der Waals surface area contributed by atoms with E-state index in [0.717, 1.165) is 12.8 Å². The summed E-state index contributed by atoms with van der Waals surface area (Å²) in [5, 5.41) is 8.37. The van der Waals surface area contributed by atoms with Crippen molar-refractivity contribution in [3.05, 3.63) is 0 Å². The average molecular weight is 153 g/mol. The Morgan fingerprint density at radius 3 is 2.55 bits per heavy atom. The van der Waals surface area contributed by atoms with Crippen molar-refractivity contribution >= 4 is 0 Å². The van der Waals surface area contributed by atoms with Gasteiger partial charge in [-0.25, -0.2) is 0 Å². The second-order valence-electron chi connectivity index (χ2n) is 3.76. The molecule has 0 atom stereocenters. The summed E-state index contributed by atoms with van der Waals surface area (Å²) < 4.78 is 1.21. The summed E-state index contributed by atoms with van der Waals surface area (Å²) in [6, 6.07) is 2.20. The van der Waals surface area contributed by atoms with Gasteiger partial charge < -0.3 is 4.48 Å². The second kappa shape index (κ2) is 3.73. The fourth-order valence-electron chi connectivity index (χ4n) is 1.86. The third kappa shape index (κ3) is 2.51. The molecule has 11 heavy (non-hydrogen) atoms. The van der Waals surface area contributed by atoms with Gasteiger partial charge in [-0.1, -0.05) is 0 Å². The van der Waals surface area contributed by atoms with Crippen LogP contribution >= 0.6 is 0 Å². The number of hydrogen-bond donors (Lipinski definition) is 0. The lowest BCUT2D eigenvalue weighted by atomic mass is 10.3. The van der Waals surface area contributed by atoms with Crippen LogP contribution in [0.15, 0.2) is 0 Å². The van der Waals surface area contributed by atoms with E-state index in [0.29, 0.717) is 0 Å². The van der Waals surface area contributed by atoms with Crippen molar-refractivity contribution in [2.75, 3.05) is 26.7 Å². The van der Waals surface area contributed by atoms with Crippen LogP contribution in [0.5, 0.6) is 0 Å². The van der Waals surface area contributed by atoms with Gasteiger partial charge >= 0.3 is 0 Å². The van der Waals surface area contributed by atoms with Gasteiger partial charge in [0.05, 0.1) is 32.8 Å². The van der Waals surface area contributed by atoms with Crippen molar-refractivity contribution in [1.29, 1.82) is 5.26 Å². The Balaban J connectivity index is 2.19. The number of quaternary nitrogens is 1. The number of rotatable bonds is 3. The summed E-state index contributed by atoms with van der Waals surface area (Å²) in [5.74, 6) is 0. The van der Waals surface area contributed by atoms with E-state index in [4.69, 9.17) is 5.26 Å². The molecule has 0 aromatic rings. The molecule has 0 bridgehead atoms. The number of nitriles is 1. The first kappa shape index (κ1) is 8.55. The van der Waals surface area contributed by atoms with Gasteiger partial charge in [0.2, 0.25) is 0 Å². The quantitative estimate of drug-likeness (QED) is 0.445. The molecule has 62 valence electrons. The van der Waals surface area contributed by atoms with Gasteiger partial charge in [0.15, 0.2) is 0 Å². The summed E-state index contributed by atoms with van der Waals surface area (Å²) in [4.78, 5) is 0. The van der Waals surface area contributed by atoms with Crippen molar-refractivity contribution in [2.24, 2.45) is 0 Å². The minimum absolute atomic E-state index is 0.730. The van der Waals surface area contributed by atoms with Gasteiger partial charge in [0.25, 0.3) is 0 Å². The molecule has 1 rings (SSSR count). The van der Waals surface area contributed by atoms with Crippen LogP contribution in [-0.4, -0.2) is 31.2 Å². The Bertz CT molecular complexity index is 151. The Labute approximate surface area is 69.0 Å². The van der Waals surface area contributed by atoms with Crippen LogP contribution in [0.2, 0.25) is 0 Å². The largest absolute Gasteiger partial charge is 0.326 e. The van der Waals surface area contributed by atoms with E-state index in [9.17, 15) is 0 Å². The molecule has 0 aromatic heterocycles. The minimum atomic E-state index is 0.730. The first-order valence-electron chi connectivity index (χ1n) is 4.47. The standard InChI is InChI=1S/C9H17N2/c1-11(7-3-2-6-10)8-4-5-9-11/h2-5,7-9H2,1H3/q+1. The lowest BCUT2D eigenvalue weighted by Gasteiger charge is -2.28. The maximum Gasteiger partial charge on any atom is 0.0794 e. The van der Waals surface area contributed by atoms with E-state index in [1.807, 2.05) is 0 Å². The molecule has 0 aromatic carbocycles. The molecule has 1 aliphatic rings. The van der Waals surface area contributed by atoms with Crippen LogP contribution in [0.25, 0.3) is 0 Å². The van der Waals surface area contributed by atoms with Crippen molar-refractivity contribution < 1.29 is 4.48 Å². The highest BCUT2D eigenvalue weighted by Crippen LogP contribution is 2.16. The first-order chi connectivity index (χ1) is 5.27. The zero-order chi connectivity index (χ0) is 8.16. The highest BCUT2D eigenvalue weighted by Gasteiger charge is 2.25. The van der Waals surface area contributed by atoms with E-state index in [1.54, 1.807) is 0 Å². The zero-order valence-electron chi connectivity index (χ0n) is 7.34. The van der Waals surface area contributed by atoms with Gasteiger partial charge in [-0.15, -0.1) is 0 Å². The molecule has 1 fully saturated rings. The molecule has 0 saturated carbocycles. The molecule has 0 aliphatic carbocycles. The summed E-state index contributed by atoms with van der Waals surface area (Å²) in [6.07, 6.45) is 4.56. The molecular weight excluding hydrogens is 136 g/mol. The molecule has 0 N–H and O–H groups in total. The van der Waals surface area contributed by atoms with Crippen molar-refractivity contribution in [3.63, 3.8) is 0 Å². The third-order valence-electron chi connectivity index (χ3n) is 2.63. The Kier molecular flexibility index (Phi) is 2.90. The summed E-state index contributed by atoms with van der Waals surface area (Å²) >= 11 is 0. The molecule has 0 spiro atoms. The molecule has 2 heteroatoms. The fourth-order valence-corrected chi connectivity index (χ4v) is 1.86. The Morgan fingerprint density at radius 1 is 1.36 bits per heavy atom. The second-order valence-corrected chi connectivity index (χ2v) is 3.76. The number of hydrogen-bond acceptors (Lipinski definition) is 1. The summed E-state index contributed by atoms with van der Waals surface area (Å²) in [6.45, 7) is 3.85. The van der Waals surface area contributed by atoms with Gasteiger partial charge in [0, 0.05) is 25.7 Å². The summed E-state index contributed by atoms with van der Waals surface area (Å²) in [7, 11) is 2.31. The molecular formula is C9H17N2+. The minimum Gasteiger partial charge on any atom is -0.326 e. The van der Waals surface area contributed by atoms with Crippen LogP contribution in [-0.2, 0) is 0 Å². The smallest absolute Gasteiger partial charge is 0.0794 e. The molecule has 2 nitrogen and oxygen atoms in total. The van der Waals surface area contributed by atoms with Gasteiger partial charge in [0.1, 0.15) is 0 Å². The Hall–Kier alpha value is -0.550. The maximum atomic E-state index is 8.37. The van der Waals surface area contributed by atoms with E-state index in [-0.39, 0.29) is 0 Å². The highest BCUT2D eigenvalue weighted by molar-refractivity contribution is 4.68. The van der Waals surface area contributed by atoms with Crippen molar-refractivity contribution in [3.8, 4) is 6.07 Å². The first-order valence-corrected chi connectivity index (χ1v) is 4.47. The molecule has 1 aliphatic heterocycles. The van der Waals surface area contributed by atoms with Crippen LogP contribution in [0.3, 0.4) is 0 Å². The predicted molar refractivity (Wildman–Crippen MR) is 44.9 cm³/mol. The number of likely N-dealkylation sites (tertiary alicyclic amines) is 1. The average Bonchev–Trinajstić information content (AvgIpc) is 2.38. The Morgan fingerprint density at radius 2 is 2.00 bits per heavy atom. The van der Waals surface area contributed by atoms with Crippen molar-refractivity contribution in [1.82, 2.24) is 0 Å². The molecule has 0 amide bonds. The van der Waals surface area contributed by atoms with Crippen LogP contribution < -0.4 is 0 Å². The lowest BCUT2D eigenvalue weighted by molar-refractivity contribution is -0.897. The molecule has 0 radical (unpaired) electrons. The molecule has 1 heterocycles. The van der Waals surface area contributed by atoms with Gasteiger partial charge in [-0.05, 0) is 0 Å². The SMILES string of the molecule is C[N+]1(CCCC#N)CCCC1. The van der Waals surface area contributed by atoms with E-state index in [1.165, 1.54) is 37.0 Å². The maximum absolute atomic E-state index is 8.37. The monoisotopic (exact) mass is 153 g/mol. The number of unbranched alkanes of at least 4 members (excludes halogenated alkanes) is 1. The predicted octanol–water partition coefficient (Wildman–Crippen LogP) is 1.53. The van der Waals surface area contributed by atoms with E-state index in [2.05, 4.69) is 13.1 Å². The zero-order valence-corrected chi connectivity index (χ0v) is 7.34. The van der Waals surface area contributed by atoms with E-state index < -0.39 is 0 Å². The highest BCUT2D eigenvalue weighted by atomic mass is 15.3.